The predicted molar refractivity (Wildman–Crippen MR) is 79.0 cm³/mol. The van der Waals surface area contributed by atoms with Gasteiger partial charge in [0.1, 0.15) is 5.76 Å². The van der Waals surface area contributed by atoms with E-state index in [4.69, 9.17) is 4.42 Å². The zero-order valence-electron chi connectivity index (χ0n) is 12.6. The number of sulfonamides is 1. The van der Waals surface area contributed by atoms with Crippen molar-refractivity contribution in [2.24, 2.45) is 0 Å². The Morgan fingerprint density at radius 2 is 2.05 bits per heavy atom. The van der Waals surface area contributed by atoms with Crippen LogP contribution >= 0.6 is 0 Å². The Morgan fingerprint density at radius 3 is 2.65 bits per heavy atom. The highest BCUT2D eigenvalue weighted by Gasteiger charge is 2.19. The predicted octanol–water partition coefficient (Wildman–Crippen LogP) is 1.01. The van der Waals surface area contributed by atoms with Crippen LogP contribution in [0.2, 0.25) is 0 Å². The maximum atomic E-state index is 12.1. The highest BCUT2D eigenvalue weighted by molar-refractivity contribution is 7.89. The Morgan fingerprint density at radius 1 is 1.35 bits per heavy atom. The second kappa shape index (κ2) is 7.78. The van der Waals surface area contributed by atoms with Crippen molar-refractivity contribution in [2.45, 2.75) is 37.9 Å². The molecular weight excluding hydrogens is 278 g/mol. The fourth-order valence-corrected chi connectivity index (χ4v) is 2.54. The summed E-state index contributed by atoms with van der Waals surface area (Å²) < 4.78 is 32.0. The maximum Gasteiger partial charge on any atom is 0.274 e. The molecule has 2 N–H and O–H groups in total. The highest BCUT2D eigenvalue weighted by Crippen LogP contribution is 2.13. The molecule has 0 radical (unpaired) electrons. The number of furan rings is 1. The van der Waals surface area contributed by atoms with Crippen LogP contribution in [0.5, 0.6) is 0 Å². The van der Waals surface area contributed by atoms with Gasteiger partial charge in [0, 0.05) is 12.6 Å². The van der Waals surface area contributed by atoms with Crippen LogP contribution in [0.4, 0.5) is 0 Å². The molecule has 116 valence electrons. The van der Waals surface area contributed by atoms with Crippen molar-refractivity contribution in [3.05, 3.63) is 17.9 Å². The van der Waals surface area contributed by atoms with E-state index in [-0.39, 0.29) is 11.1 Å². The molecule has 0 aliphatic rings. The van der Waals surface area contributed by atoms with Crippen molar-refractivity contribution in [2.75, 3.05) is 27.2 Å². The Hall–Kier alpha value is -0.890. The molecule has 0 bridgehead atoms. The highest BCUT2D eigenvalue weighted by atomic mass is 32.2. The Labute approximate surface area is 121 Å². The third kappa shape index (κ3) is 5.24. The molecule has 1 aromatic heterocycles. The molecule has 1 atom stereocenters. The topological polar surface area (TPSA) is 74.6 Å². The van der Waals surface area contributed by atoms with Crippen LogP contribution in [0.15, 0.2) is 21.6 Å². The summed E-state index contributed by atoms with van der Waals surface area (Å²) in [6.07, 6.45) is 1.02. The summed E-state index contributed by atoms with van der Waals surface area (Å²) >= 11 is 0. The van der Waals surface area contributed by atoms with E-state index >= 15 is 0 Å². The number of likely N-dealkylation sites (N-methyl/N-ethyl adjacent to an activating group) is 1. The third-order valence-electron chi connectivity index (χ3n) is 3.08. The van der Waals surface area contributed by atoms with Gasteiger partial charge in [-0.15, -0.1) is 0 Å². The summed E-state index contributed by atoms with van der Waals surface area (Å²) in [7, 11) is 0.242. The SMILES string of the molecule is CCCNCc1ccc(S(=O)(=O)NCC(C)N(C)C)o1. The lowest BCUT2D eigenvalue weighted by molar-refractivity contribution is 0.312. The molecule has 6 nitrogen and oxygen atoms in total. The molecule has 0 fully saturated rings. The molecule has 0 aliphatic heterocycles. The minimum Gasteiger partial charge on any atom is -0.447 e. The van der Waals surface area contributed by atoms with Gasteiger partial charge in [-0.1, -0.05) is 6.92 Å². The average molecular weight is 303 g/mol. The van der Waals surface area contributed by atoms with Gasteiger partial charge in [-0.2, -0.15) is 0 Å². The maximum absolute atomic E-state index is 12.1. The molecule has 7 heteroatoms. The average Bonchev–Trinajstić information content (AvgIpc) is 2.86. The number of nitrogens with one attached hydrogen (secondary N) is 2. The van der Waals surface area contributed by atoms with Crippen LogP contribution in [0, 0.1) is 0 Å². The van der Waals surface area contributed by atoms with Gasteiger partial charge in [0.05, 0.1) is 6.54 Å². The van der Waals surface area contributed by atoms with Gasteiger partial charge in [-0.05, 0) is 46.1 Å². The van der Waals surface area contributed by atoms with E-state index in [1.165, 1.54) is 6.07 Å². The van der Waals surface area contributed by atoms with Crippen LogP contribution in [0.1, 0.15) is 26.0 Å². The smallest absolute Gasteiger partial charge is 0.274 e. The van der Waals surface area contributed by atoms with Crippen LogP contribution in [0.25, 0.3) is 0 Å². The molecule has 0 amide bonds. The molecule has 1 heterocycles. The van der Waals surface area contributed by atoms with Crippen molar-refractivity contribution in [1.29, 1.82) is 0 Å². The first-order valence-electron chi connectivity index (χ1n) is 6.82. The first-order chi connectivity index (χ1) is 9.36. The van der Waals surface area contributed by atoms with Gasteiger partial charge >= 0.3 is 0 Å². The standard InChI is InChI=1S/C13H25N3O3S/c1-5-8-14-10-12-6-7-13(19-12)20(17,18)15-9-11(2)16(3)4/h6-7,11,14-15H,5,8-10H2,1-4H3. The van der Waals surface area contributed by atoms with E-state index in [9.17, 15) is 8.42 Å². The molecule has 20 heavy (non-hydrogen) atoms. The normalized spacial score (nSPS) is 13.8. The zero-order valence-corrected chi connectivity index (χ0v) is 13.5. The van der Waals surface area contributed by atoms with Crippen molar-refractivity contribution in [3.63, 3.8) is 0 Å². The summed E-state index contributed by atoms with van der Waals surface area (Å²) in [5.41, 5.74) is 0. The van der Waals surface area contributed by atoms with Crippen LogP contribution in [-0.2, 0) is 16.6 Å². The van der Waals surface area contributed by atoms with E-state index in [0.717, 1.165) is 13.0 Å². The molecule has 0 spiro atoms. The van der Waals surface area contributed by atoms with Crippen molar-refractivity contribution in [3.8, 4) is 0 Å². The van der Waals surface area contributed by atoms with Crippen LogP contribution in [0.3, 0.4) is 0 Å². The molecule has 0 saturated heterocycles. The summed E-state index contributed by atoms with van der Waals surface area (Å²) in [4.78, 5) is 1.95. The van der Waals surface area contributed by atoms with Crippen molar-refractivity contribution in [1.82, 2.24) is 14.9 Å². The van der Waals surface area contributed by atoms with Crippen molar-refractivity contribution >= 4 is 10.0 Å². The summed E-state index contributed by atoms with van der Waals surface area (Å²) in [5, 5.41) is 3.13. The Kier molecular flexibility index (Phi) is 6.67. The van der Waals surface area contributed by atoms with Gasteiger partial charge in [0.15, 0.2) is 0 Å². The van der Waals surface area contributed by atoms with Gasteiger partial charge < -0.3 is 14.6 Å². The Balaban J connectivity index is 2.59. The van der Waals surface area contributed by atoms with Crippen LogP contribution < -0.4 is 10.0 Å². The van der Waals surface area contributed by atoms with E-state index < -0.39 is 10.0 Å². The molecule has 0 aromatic carbocycles. The van der Waals surface area contributed by atoms with Gasteiger partial charge in [0.25, 0.3) is 10.0 Å². The van der Waals surface area contributed by atoms with E-state index in [1.54, 1.807) is 6.07 Å². The molecule has 0 aliphatic carbocycles. The van der Waals surface area contributed by atoms with E-state index in [1.807, 2.05) is 25.9 Å². The van der Waals surface area contributed by atoms with Gasteiger partial charge in [-0.25, -0.2) is 13.1 Å². The van der Waals surface area contributed by atoms with Gasteiger partial charge in [-0.3, -0.25) is 0 Å². The summed E-state index contributed by atoms with van der Waals surface area (Å²) in [6.45, 7) is 5.78. The number of nitrogens with zero attached hydrogens (tertiary/aromatic N) is 1. The molecule has 1 aromatic rings. The molecular formula is C13H25N3O3S. The minimum atomic E-state index is -3.57. The second-order valence-corrected chi connectivity index (χ2v) is 6.76. The Bertz CT molecular complexity index is 497. The minimum absolute atomic E-state index is 0.0308. The number of hydrogen-bond acceptors (Lipinski definition) is 5. The summed E-state index contributed by atoms with van der Waals surface area (Å²) in [6, 6.07) is 3.29. The number of hydrogen-bond donors (Lipinski definition) is 2. The van der Waals surface area contributed by atoms with E-state index in [2.05, 4.69) is 17.0 Å². The quantitative estimate of drug-likeness (QED) is 0.666. The lowest BCUT2D eigenvalue weighted by Crippen LogP contribution is -2.38. The first kappa shape index (κ1) is 17.2. The third-order valence-corrected chi connectivity index (χ3v) is 4.37. The molecule has 1 rings (SSSR count). The fraction of sp³-hybridized carbons (Fsp3) is 0.692. The van der Waals surface area contributed by atoms with Gasteiger partial charge in [0.2, 0.25) is 5.09 Å². The van der Waals surface area contributed by atoms with E-state index in [0.29, 0.717) is 18.8 Å². The largest absolute Gasteiger partial charge is 0.447 e. The zero-order chi connectivity index (χ0) is 15.2. The van der Waals surface area contributed by atoms with Crippen LogP contribution in [-0.4, -0.2) is 46.5 Å². The number of rotatable bonds is 9. The monoisotopic (exact) mass is 303 g/mol. The molecule has 1 unspecified atom stereocenters. The fourth-order valence-electron chi connectivity index (χ4n) is 1.47. The second-order valence-electron chi connectivity index (χ2n) is 5.06. The lowest BCUT2D eigenvalue weighted by Gasteiger charge is -2.19. The first-order valence-corrected chi connectivity index (χ1v) is 8.30. The summed E-state index contributed by atoms with van der Waals surface area (Å²) in [5.74, 6) is 0.625. The van der Waals surface area contributed by atoms with Crippen molar-refractivity contribution < 1.29 is 12.8 Å². The lowest BCUT2D eigenvalue weighted by atomic mass is 10.3. The molecule has 0 saturated carbocycles.